The SMILES string of the molecule is CC(C)(C)C(=O)N1CCOC[C@@]2(C1)CN(c1ccccc1)C(=O)CO2. The Morgan fingerprint density at radius 2 is 1.88 bits per heavy atom. The zero-order chi connectivity index (χ0) is 18.1. The summed E-state index contributed by atoms with van der Waals surface area (Å²) in [6.07, 6.45) is 0. The molecule has 136 valence electrons. The highest BCUT2D eigenvalue weighted by atomic mass is 16.6. The Morgan fingerprint density at radius 3 is 2.56 bits per heavy atom. The van der Waals surface area contributed by atoms with Crippen molar-refractivity contribution < 1.29 is 19.1 Å². The minimum Gasteiger partial charge on any atom is -0.376 e. The molecule has 0 unspecified atom stereocenters. The normalized spacial score (nSPS) is 25.2. The third kappa shape index (κ3) is 3.85. The van der Waals surface area contributed by atoms with Gasteiger partial charge in [-0.1, -0.05) is 39.0 Å². The van der Waals surface area contributed by atoms with Crippen molar-refractivity contribution in [3.05, 3.63) is 30.3 Å². The third-order valence-electron chi connectivity index (χ3n) is 4.60. The van der Waals surface area contributed by atoms with Crippen molar-refractivity contribution in [3.63, 3.8) is 0 Å². The average Bonchev–Trinajstić information content (AvgIpc) is 2.79. The van der Waals surface area contributed by atoms with E-state index in [1.807, 2.05) is 56.0 Å². The summed E-state index contributed by atoms with van der Waals surface area (Å²) in [7, 11) is 0. The molecule has 1 spiro atoms. The Kier molecular flexibility index (Phi) is 4.84. The molecule has 25 heavy (non-hydrogen) atoms. The van der Waals surface area contributed by atoms with E-state index in [-0.39, 0.29) is 18.4 Å². The summed E-state index contributed by atoms with van der Waals surface area (Å²) in [6, 6.07) is 9.55. The van der Waals surface area contributed by atoms with Crippen LogP contribution in [0.5, 0.6) is 0 Å². The predicted molar refractivity (Wildman–Crippen MR) is 94.3 cm³/mol. The first kappa shape index (κ1) is 17.9. The van der Waals surface area contributed by atoms with Gasteiger partial charge in [-0.15, -0.1) is 0 Å². The number of para-hydroxylation sites is 1. The summed E-state index contributed by atoms with van der Waals surface area (Å²) in [5, 5.41) is 0. The number of carbonyl (C=O) groups excluding carboxylic acids is 2. The zero-order valence-corrected chi connectivity index (χ0v) is 15.2. The monoisotopic (exact) mass is 346 g/mol. The molecule has 0 aromatic heterocycles. The molecular weight excluding hydrogens is 320 g/mol. The topological polar surface area (TPSA) is 59.1 Å². The summed E-state index contributed by atoms with van der Waals surface area (Å²) < 4.78 is 11.7. The van der Waals surface area contributed by atoms with Gasteiger partial charge in [-0.25, -0.2) is 0 Å². The van der Waals surface area contributed by atoms with Crippen molar-refractivity contribution in [2.75, 3.05) is 44.4 Å². The summed E-state index contributed by atoms with van der Waals surface area (Å²) in [4.78, 5) is 28.7. The fraction of sp³-hybridized carbons (Fsp3) is 0.579. The van der Waals surface area contributed by atoms with Crippen LogP contribution in [0.4, 0.5) is 5.69 Å². The molecule has 0 saturated carbocycles. The molecule has 2 aliphatic heterocycles. The highest BCUT2D eigenvalue weighted by molar-refractivity contribution is 5.95. The van der Waals surface area contributed by atoms with Crippen LogP contribution in [-0.4, -0.2) is 61.8 Å². The first-order chi connectivity index (χ1) is 11.8. The first-order valence-corrected chi connectivity index (χ1v) is 8.67. The fourth-order valence-corrected chi connectivity index (χ4v) is 3.29. The van der Waals surface area contributed by atoms with E-state index in [2.05, 4.69) is 0 Å². The number of nitrogens with zero attached hydrogens (tertiary/aromatic N) is 2. The molecule has 3 rings (SSSR count). The lowest BCUT2D eigenvalue weighted by Gasteiger charge is -2.43. The van der Waals surface area contributed by atoms with Gasteiger partial charge in [-0.3, -0.25) is 9.59 Å². The van der Waals surface area contributed by atoms with Crippen LogP contribution in [0.1, 0.15) is 20.8 Å². The third-order valence-corrected chi connectivity index (χ3v) is 4.60. The van der Waals surface area contributed by atoms with Crippen molar-refractivity contribution >= 4 is 17.5 Å². The molecule has 2 heterocycles. The zero-order valence-electron chi connectivity index (χ0n) is 15.2. The van der Waals surface area contributed by atoms with Gasteiger partial charge in [0, 0.05) is 17.6 Å². The van der Waals surface area contributed by atoms with Gasteiger partial charge in [0.15, 0.2) is 0 Å². The Hall–Kier alpha value is -1.92. The number of anilines is 1. The van der Waals surface area contributed by atoms with E-state index in [0.29, 0.717) is 32.8 Å². The molecule has 1 aromatic carbocycles. The maximum absolute atomic E-state index is 12.7. The van der Waals surface area contributed by atoms with E-state index >= 15 is 0 Å². The standard InChI is InChI=1S/C19H26N2O4/c1-18(2,3)17(23)20-9-10-24-14-19(12-20)13-21(16(22)11-25-19)15-7-5-4-6-8-15/h4-8H,9-14H2,1-3H3/t19-/m1/s1. The van der Waals surface area contributed by atoms with E-state index in [4.69, 9.17) is 9.47 Å². The van der Waals surface area contributed by atoms with Crippen molar-refractivity contribution in [2.24, 2.45) is 5.41 Å². The van der Waals surface area contributed by atoms with Gasteiger partial charge < -0.3 is 19.3 Å². The summed E-state index contributed by atoms with van der Waals surface area (Å²) >= 11 is 0. The quantitative estimate of drug-likeness (QED) is 0.776. The van der Waals surface area contributed by atoms with Gasteiger partial charge in [0.2, 0.25) is 5.91 Å². The van der Waals surface area contributed by atoms with Crippen molar-refractivity contribution in [2.45, 2.75) is 26.4 Å². The lowest BCUT2D eigenvalue weighted by molar-refractivity contribution is -0.152. The molecule has 0 N–H and O–H groups in total. The van der Waals surface area contributed by atoms with Gasteiger partial charge in [0.25, 0.3) is 5.91 Å². The van der Waals surface area contributed by atoms with Crippen LogP contribution in [0.2, 0.25) is 0 Å². The molecule has 0 bridgehead atoms. The van der Waals surface area contributed by atoms with Crippen LogP contribution in [0, 0.1) is 5.41 Å². The van der Waals surface area contributed by atoms with E-state index < -0.39 is 11.0 Å². The van der Waals surface area contributed by atoms with Crippen molar-refractivity contribution in [1.82, 2.24) is 4.90 Å². The van der Waals surface area contributed by atoms with E-state index in [9.17, 15) is 9.59 Å². The highest BCUT2D eigenvalue weighted by Gasteiger charge is 2.45. The molecule has 2 saturated heterocycles. The number of hydrogen-bond acceptors (Lipinski definition) is 4. The molecule has 0 aliphatic carbocycles. The second-order valence-electron chi connectivity index (χ2n) is 7.82. The fourth-order valence-electron chi connectivity index (χ4n) is 3.29. The van der Waals surface area contributed by atoms with E-state index in [1.165, 1.54) is 0 Å². The Labute approximate surface area is 148 Å². The number of morpholine rings is 1. The largest absolute Gasteiger partial charge is 0.376 e. The molecule has 2 amide bonds. The number of amides is 2. The summed E-state index contributed by atoms with van der Waals surface area (Å²) in [5.41, 5.74) is -0.316. The maximum atomic E-state index is 12.7. The summed E-state index contributed by atoms with van der Waals surface area (Å²) in [6.45, 7) is 7.93. The average molecular weight is 346 g/mol. The number of ether oxygens (including phenoxy) is 2. The van der Waals surface area contributed by atoms with Crippen LogP contribution in [0.25, 0.3) is 0 Å². The van der Waals surface area contributed by atoms with Gasteiger partial charge in [0.1, 0.15) is 12.2 Å². The molecular formula is C19H26N2O4. The lowest BCUT2D eigenvalue weighted by Crippen LogP contribution is -2.61. The molecule has 6 heteroatoms. The number of carbonyl (C=O) groups is 2. The number of rotatable bonds is 1. The molecule has 2 fully saturated rings. The lowest BCUT2D eigenvalue weighted by atomic mass is 9.93. The molecule has 1 aromatic rings. The molecule has 6 nitrogen and oxygen atoms in total. The number of benzene rings is 1. The Morgan fingerprint density at radius 1 is 1.16 bits per heavy atom. The maximum Gasteiger partial charge on any atom is 0.253 e. The van der Waals surface area contributed by atoms with Crippen LogP contribution >= 0.6 is 0 Å². The molecule has 0 radical (unpaired) electrons. The van der Waals surface area contributed by atoms with Crippen LogP contribution < -0.4 is 4.90 Å². The van der Waals surface area contributed by atoms with E-state index in [0.717, 1.165) is 5.69 Å². The van der Waals surface area contributed by atoms with Gasteiger partial charge in [0.05, 0.1) is 26.3 Å². The second kappa shape index (κ2) is 6.77. The van der Waals surface area contributed by atoms with Crippen LogP contribution in [0.3, 0.4) is 0 Å². The minimum atomic E-state index is -0.693. The van der Waals surface area contributed by atoms with E-state index in [1.54, 1.807) is 4.90 Å². The van der Waals surface area contributed by atoms with Crippen molar-refractivity contribution in [3.8, 4) is 0 Å². The first-order valence-electron chi connectivity index (χ1n) is 8.67. The highest BCUT2D eigenvalue weighted by Crippen LogP contribution is 2.28. The predicted octanol–water partition coefficient (Wildman–Crippen LogP) is 1.69. The minimum absolute atomic E-state index is 0.00416. The van der Waals surface area contributed by atoms with Crippen molar-refractivity contribution in [1.29, 1.82) is 0 Å². The van der Waals surface area contributed by atoms with Crippen LogP contribution in [-0.2, 0) is 19.1 Å². The smallest absolute Gasteiger partial charge is 0.253 e. The van der Waals surface area contributed by atoms with Gasteiger partial charge in [-0.2, -0.15) is 0 Å². The number of hydrogen-bond donors (Lipinski definition) is 0. The second-order valence-corrected chi connectivity index (χ2v) is 7.82. The molecule has 1 atom stereocenters. The Balaban J connectivity index is 1.84. The molecule has 2 aliphatic rings. The summed E-state index contributed by atoms with van der Waals surface area (Å²) in [5.74, 6) is -0.00101. The van der Waals surface area contributed by atoms with Crippen LogP contribution in [0.15, 0.2) is 30.3 Å². The Bertz CT molecular complexity index is 641. The van der Waals surface area contributed by atoms with Gasteiger partial charge in [-0.05, 0) is 12.1 Å². The van der Waals surface area contributed by atoms with Gasteiger partial charge >= 0.3 is 0 Å².